The summed E-state index contributed by atoms with van der Waals surface area (Å²) >= 11 is 0.700. The van der Waals surface area contributed by atoms with Crippen LogP contribution in [0.5, 0.6) is 0 Å². The van der Waals surface area contributed by atoms with Crippen molar-refractivity contribution in [3.8, 4) is 0 Å². The van der Waals surface area contributed by atoms with Crippen molar-refractivity contribution >= 4 is 0 Å². The van der Waals surface area contributed by atoms with Gasteiger partial charge in [0.05, 0.1) is 0 Å². The standard InChI is InChI=1S/4FH.Mo.H2O2.O/c;;;;;1-2;/h4*1H;;1-2H;. The molecule has 0 spiro atoms. The minimum absolute atomic E-state index is 0. The van der Waals surface area contributed by atoms with Gasteiger partial charge in [0.1, 0.15) is 0 Å². The van der Waals surface area contributed by atoms with Gasteiger partial charge in [-0.25, -0.2) is 0 Å². The quantitative estimate of drug-likeness (QED) is 0.274. The van der Waals surface area contributed by atoms with Gasteiger partial charge in [-0.1, -0.05) is 0 Å². The first-order valence-corrected chi connectivity index (χ1v) is 1.19. The van der Waals surface area contributed by atoms with E-state index in [4.69, 9.17) is 13.9 Å². The van der Waals surface area contributed by atoms with Gasteiger partial charge in [-0.15, -0.1) is 0 Å². The topological polar surface area (TPSA) is 57.5 Å². The summed E-state index contributed by atoms with van der Waals surface area (Å²) in [5, 5.41) is 12.0. The Balaban J connectivity index is -0.00000000167. The zero-order valence-corrected chi connectivity index (χ0v) is 5.35. The first kappa shape index (κ1) is 91.2. The van der Waals surface area contributed by atoms with E-state index < -0.39 is 0 Å². The molecule has 0 aromatic carbocycles. The van der Waals surface area contributed by atoms with E-state index in [9.17, 15) is 0 Å². The molecule has 3 nitrogen and oxygen atoms in total. The summed E-state index contributed by atoms with van der Waals surface area (Å²) < 4.78 is 8.26. The minimum atomic E-state index is 0. The molecule has 0 amide bonds. The van der Waals surface area contributed by atoms with Crippen molar-refractivity contribution in [1.29, 1.82) is 0 Å². The molecule has 0 aliphatic heterocycles. The molecule has 0 heterocycles. The van der Waals surface area contributed by atoms with E-state index in [-0.39, 0.29) is 18.8 Å². The third kappa shape index (κ3) is 9790. The summed E-state index contributed by atoms with van der Waals surface area (Å²) in [4.78, 5) is 0. The normalized spacial score (nSPS) is 1.25. The summed E-state index contributed by atoms with van der Waals surface area (Å²) in [5.74, 6) is 0. The van der Waals surface area contributed by atoms with Gasteiger partial charge < -0.3 is 0 Å². The van der Waals surface area contributed by atoms with E-state index >= 15 is 0 Å². The Morgan fingerprint density at radius 2 is 0.750 bits per heavy atom. The second-order valence-corrected chi connectivity index (χ2v) is 0. The van der Waals surface area contributed by atoms with Crippen LogP contribution < -0.4 is 0 Å². The van der Waals surface area contributed by atoms with Crippen LogP contribution in [0.2, 0.25) is 0 Å². The van der Waals surface area contributed by atoms with Crippen molar-refractivity contribution in [3.63, 3.8) is 0 Å². The summed E-state index contributed by atoms with van der Waals surface area (Å²) in [7, 11) is 0. The van der Waals surface area contributed by atoms with Crippen LogP contribution in [0.15, 0.2) is 0 Å². The first-order chi connectivity index (χ1) is 2.00. The Morgan fingerprint density at radius 3 is 0.750 bits per heavy atom. The molecule has 0 aromatic rings. The molecule has 0 radical (unpaired) electrons. The van der Waals surface area contributed by atoms with Crippen LogP contribution in [0, 0.1) is 0 Å². The fourth-order valence-corrected chi connectivity index (χ4v) is 0. The third-order valence-electron chi connectivity index (χ3n) is 0. The molecule has 2 N–H and O–H groups in total. The molecule has 8 heteroatoms. The molecule has 58 valence electrons. The Morgan fingerprint density at radius 1 is 0.750 bits per heavy atom. The molecule has 0 aliphatic rings. The van der Waals surface area contributed by atoms with E-state index in [1.165, 1.54) is 0 Å². The van der Waals surface area contributed by atoms with Gasteiger partial charge >= 0.3 is 23.2 Å². The van der Waals surface area contributed by atoms with Gasteiger partial charge in [0.25, 0.3) is 0 Å². The summed E-state index contributed by atoms with van der Waals surface area (Å²) in [5.41, 5.74) is 0. The van der Waals surface area contributed by atoms with E-state index in [0.29, 0.717) is 19.8 Å². The molecule has 0 bridgehead atoms. The van der Waals surface area contributed by atoms with Crippen molar-refractivity contribution in [1.82, 2.24) is 0 Å². The van der Waals surface area contributed by atoms with Crippen LogP contribution in [0.25, 0.3) is 0 Å². The molecule has 0 saturated heterocycles. The van der Waals surface area contributed by atoms with Crippen molar-refractivity contribution < 1.29 is 52.5 Å². The number of halogens is 4. The Bertz CT molecular complexity index is 11.2. The second kappa shape index (κ2) is 16300. The molecule has 0 atom stereocenters. The monoisotopic (exact) mass is 228 g/mol. The van der Waals surface area contributed by atoms with Gasteiger partial charge in [0.15, 0.2) is 0 Å². The molecule has 8 heavy (non-hydrogen) atoms. The van der Waals surface area contributed by atoms with Crippen LogP contribution >= 0.6 is 0 Å². The number of hydrogen-bond donors (Lipinski definition) is 2. The molecule has 0 rings (SSSR count). The number of rotatable bonds is 0. The zero-order chi connectivity index (χ0) is 4.00. The van der Waals surface area contributed by atoms with Gasteiger partial charge in [-0.05, 0) is 0 Å². The van der Waals surface area contributed by atoms with E-state index in [0.717, 1.165) is 0 Å². The molecular formula is H6F4MoO3. The van der Waals surface area contributed by atoms with Crippen LogP contribution in [0.1, 0.15) is 0 Å². The van der Waals surface area contributed by atoms with E-state index in [1.54, 1.807) is 0 Å². The molecule has 0 fully saturated rings. The summed E-state index contributed by atoms with van der Waals surface area (Å²) in [6, 6.07) is 0. The summed E-state index contributed by atoms with van der Waals surface area (Å²) in [6.07, 6.45) is 0. The van der Waals surface area contributed by atoms with Crippen molar-refractivity contribution in [3.05, 3.63) is 0 Å². The fraction of sp³-hybridized carbons (Fsp3) is 0. The van der Waals surface area contributed by atoms with Crippen molar-refractivity contribution in [2.24, 2.45) is 0 Å². The van der Waals surface area contributed by atoms with Crippen molar-refractivity contribution in [2.45, 2.75) is 0 Å². The molecular weight excluding hydrogens is 220 g/mol. The van der Waals surface area contributed by atoms with Crippen LogP contribution in [-0.4, -0.2) is 10.5 Å². The fourth-order valence-electron chi connectivity index (χ4n) is 0. The van der Waals surface area contributed by atoms with Crippen LogP contribution in [0.3, 0.4) is 0 Å². The first-order valence-electron chi connectivity index (χ1n) is 0.367. The average Bonchev–Trinajstić information content (AvgIpc) is 1.50. The van der Waals surface area contributed by atoms with E-state index in [1.807, 2.05) is 0 Å². The molecule has 0 unspecified atom stereocenters. The maximum atomic E-state index is 8.26. The Hall–Kier alpha value is 0.128. The predicted octanol–water partition coefficient (Wildman–Crippen LogP) is 0.506. The SMILES string of the molecule is F.F.F.F.OO.[O]=[Mo]. The van der Waals surface area contributed by atoms with Crippen LogP contribution in [-0.2, 0) is 23.2 Å². The third-order valence-corrected chi connectivity index (χ3v) is 0. The molecule has 0 aliphatic carbocycles. The Labute approximate surface area is 53.3 Å². The Kier molecular flexibility index (Phi) is 185000. The van der Waals surface area contributed by atoms with Crippen LogP contribution in [0.4, 0.5) is 18.8 Å². The molecule has 0 aromatic heterocycles. The molecule has 0 saturated carbocycles. The zero-order valence-electron chi connectivity index (χ0n) is 3.34. The summed E-state index contributed by atoms with van der Waals surface area (Å²) in [6.45, 7) is 0. The number of hydrogen-bond acceptors (Lipinski definition) is 3. The maximum absolute atomic E-state index is 8.26. The van der Waals surface area contributed by atoms with Gasteiger partial charge in [0, 0.05) is 0 Å². The predicted molar refractivity (Wildman–Crippen MR) is 16.0 cm³/mol. The second-order valence-electron chi connectivity index (χ2n) is 0. The van der Waals surface area contributed by atoms with E-state index in [2.05, 4.69) is 0 Å². The van der Waals surface area contributed by atoms with Gasteiger partial charge in [-0.3, -0.25) is 29.3 Å². The van der Waals surface area contributed by atoms with Gasteiger partial charge in [-0.2, -0.15) is 0 Å². The average molecular weight is 226 g/mol. The van der Waals surface area contributed by atoms with Gasteiger partial charge in [0.2, 0.25) is 0 Å². The van der Waals surface area contributed by atoms with Crippen molar-refractivity contribution in [2.75, 3.05) is 0 Å².